The monoisotopic (exact) mass is 447 g/mol. The average molecular weight is 448 g/mol. The summed E-state index contributed by atoms with van der Waals surface area (Å²) in [6.45, 7) is 10.8. The van der Waals surface area contributed by atoms with Crippen LogP contribution < -0.4 is 5.32 Å². The predicted molar refractivity (Wildman–Crippen MR) is 129 cm³/mol. The fourth-order valence-electron chi connectivity index (χ4n) is 3.90. The zero-order valence-electron chi connectivity index (χ0n) is 19.8. The minimum absolute atomic E-state index is 0.0277. The first-order chi connectivity index (χ1) is 15.9. The van der Waals surface area contributed by atoms with Crippen molar-refractivity contribution in [2.75, 3.05) is 38.0 Å². The lowest BCUT2D eigenvalue weighted by atomic mass is 9.95. The first kappa shape index (κ1) is 23.0. The van der Waals surface area contributed by atoms with Crippen molar-refractivity contribution in [3.05, 3.63) is 77.6 Å². The summed E-state index contributed by atoms with van der Waals surface area (Å²) < 4.78 is 5.43. The molecule has 0 bridgehead atoms. The number of benzene rings is 1. The Labute approximate surface area is 195 Å². The molecule has 0 atom stereocenters. The number of carbonyl (C=O) groups is 1. The Bertz CT molecular complexity index is 1040. The van der Waals surface area contributed by atoms with Crippen LogP contribution in [0.3, 0.4) is 0 Å². The number of hydrogen-bond donors (Lipinski definition) is 1. The van der Waals surface area contributed by atoms with Gasteiger partial charge >= 0.3 is 0 Å². The van der Waals surface area contributed by atoms with Crippen molar-refractivity contribution in [3.63, 3.8) is 0 Å². The van der Waals surface area contributed by atoms with Gasteiger partial charge in [0, 0.05) is 44.3 Å². The molecule has 33 heavy (non-hydrogen) atoms. The average Bonchev–Trinajstić information content (AvgIpc) is 3.35. The van der Waals surface area contributed by atoms with Gasteiger partial charge in [0.1, 0.15) is 23.0 Å². The van der Waals surface area contributed by atoms with E-state index in [4.69, 9.17) is 9.40 Å². The molecule has 0 unspecified atom stereocenters. The van der Waals surface area contributed by atoms with E-state index < -0.39 is 0 Å². The van der Waals surface area contributed by atoms with Crippen molar-refractivity contribution in [2.24, 2.45) is 0 Å². The summed E-state index contributed by atoms with van der Waals surface area (Å²) in [5, 5.41) is 3.29. The van der Waals surface area contributed by atoms with Crippen LogP contribution in [0.25, 0.3) is 0 Å². The van der Waals surface area contributed by atoms with Crippen LogP contribution in [0, 0.1) is 0 Å². The Balaban J connectivity index is 1.41. The minimum Gasteiger partial charge on any atom is -0.467 e. The van der Waals surface area contributed by atoms with Gasteiger partial charge in [-0.15, -0.1) is 0 Å². The lowest BCUT2D eigenvalue weighted by Gasteiger charge is -2.35. The number of hydrogen-bond acceptors (Lipinski definition) is 6. The molecular formula is C26H33N5O2. The summed E-state index contributed by atoms with van der Waals surface area (Å²) in [4.78, 5) is 27.0. The largest absolute Gasteiger partial charge is 0.467 e. The van der Waals surface area contributed by atoms with Crippen molar-refractivity contribution in [1.82, 2.24) is 19.8 Å². The molecule has 7 heteroatoms. The smallest absolute Gasteiger partial charge is 0.259 e. The number of anilines is 1. The second-order valence-corrected chi connectivity index (χ2v) is 9.51. The molecule has 0 radical (unpaired) electrons. The summed E-state index contributed by atoms with van der Waals surface area (Å²) >= 11 is 0. The van der Waals surface area contributed by atoms with Gasteiger partial charge in [0.25, 0.3) is 5.91 Å². The molecular weight excluding hydrogens is 414 g/mol. The van der Waals surface area contributed by atoms with E-state index in [2.05, 4.69) is 60.2 Å². The van der Waals surface area contributed by atoms with Crippen LogP contribution in [0.1, 0.15) is 48.3 Å². The fourth-order valence-corrected chi connectivity index (χ4v) is 3.90. The van der Waals surface area contributed by atoms with Gasteiger partial charge in [-0.05, 0) is 24.1 Å². The van der Waals surface area contributed by atoms with Gasteiger partial charge in [0.05, 0.1) is 12.8 Å². The molecule has 3 aromatic rings. The molecule has 2 aromatic heterocycles. The maximum Gasteiger partial charge on any atom is 0.259 e. The maximum absolute atomic E-state index is 13.4. The molecule has 1 aliphatic rings. The van der Waals surface area contributed by atoms with Gasteiger partial charge in [0.15, 0.2) is 0 Å². The third-order valence-electron chi connectivity index (χ3n) is 5.92. The van der Waals surface area contributed by atoms with Gasteiger partial charge in [0.2, 0.25) is 0 Å². The van der Waals surface area contributed by atoms with Crippen LogP contribution in [0.2, 0.25) is 0 Å². The highest BCUT2D eigenvalue weighted by Crippen LogP contribution is 2.23. The first-order valence-electron chi connectivity index (χ1n) is 11.6. The quantitative estimate of drug-likeness (QED) is 0.591. The molecule has 0 spiro atoms. The van der Waals surface area contributed by atoms with E-state index in [1.807, 2.05) is 23.1 Å². The highest BCUT2D eigenvalue weighted by molar-refractivity contribution is 5.98. The number of aromatic nitrogens is 2. The second kappa shape index (κ2) is 10.2. The summed E-state index contributed by atoms with van der Waals surface area (Å²) in [5.41, 5.74) is 1.64. The molecule has 3 heterocycles. The van der Waals surface area contributed by atoms with E-state index in [0.29, 0.717) is 36.8 Å². The summed E-state index contributed by atoms with van der Waals surface area (Å²) in [7, 11) is 0. The molecule has 1 fully saturated rings. The van der Waals surface area contributed by atoms with Crippen molar-refractivity contribution in [3.8, 4) is 0 Å². The van der Waals surface area contributed by atoms with Crippen molar-refractivity contribution >= 4 is 11.7 Å². The molecule has 1 saturated heterocycles. The summed E-state index contributed by atoms with van der Waals surface area (Å²) in [6.07, 6.45) is 4.33. The third-order valence-corrected chi connectivity index (χ3v) is 5.92. The van der Waals surface area contributed by atoms with Gasteiger partial charge in [-0.1, -0.05) is 51.1 Å². The second-order valence-electron chi connectivity index (χ2n) is 9.51. The van der Waals surface area contributed by atoms with E-state index in [9.17, 15) is 4.79 Å². The Morgan fingerprint density at radius 1 is 1.06 bits per heavy atom. The molecule has 174 valence electrons. The number of nitrogens with one attached hydrogen (secondary N) is 1. The Kier molecular flexibility index (Phi) is 7.08. The molecule has 7 nitrogen and oxygen atoms in total. The van der Waals surface area contributed by atoms with Crippen LogP contribution in [-0.4, -0.2) is 58.4 Å². The van der Waals surface area contributed by atoms with E-state index in [1.54, 1.807) is 12.5 Å². The normalized spacial score (nSPS) is 14.9. The number of carbonyl (C=O) groups excluding carboxylic acids is 1. The molecule has 1 aromatic carbocycles. The zero-order chi connectivity index (χ0) is 23.3. The van der Waals surface area contributed by atoms with E-state index in [-0.39, 0.29) is 11.3 Å². The Morgan fingerprint density at radius 3 is 2.48 bits per heavy atom. The Hall–Kier alpha value is -3.19. The van der Waals surface area contributed by atoms with Crippen LogP contribution in [-0.2, 0) is 18.4 Å². The molecule has 1 aliphatic heterocycles. The number of rotatable bonds is 7. The van der Waals surface area contributed by atoms with Crippen LogP contribution in [0.5, 0.6) is 0 Å². The third kappa shape index (κ3) is 5.99. The SMILES string of the molecule is CC(C)(C)c1ncc(C(=O)N2CCN(CCc3ccccc3)CC2)c(NCc2ccco2)n1. The number of furan rings is 1. The number of piperazine rings is 1. The maximum atomic E-state index is 13.4. The van der Waals surface area contributed by atoms with E-state index in [0.717, 1.165) is 31.8 Å². The molecule has 4 rings (SSSR count). The molecule has 1 N–H and O–H groups in total. The number of amides is 1. The standard InChI is InChI=1S/C26H33N5O2/c1-26(2,3)25-28-19-22(23(29-25)27-18-21-10-7-17-33-21)24(32)31-15-13-30(14-16-31)12-11-20-8-5-4-6-9-20/h4-10,17,19H,11-16,18H2,1-3H3,(H,27,28,29). The first-order valence-corrected chi connectivity index (χ1v) is 11.6. The lowest BCUT2D eigenvalue weighted by molar-refractivity contribution is 0.0638. The van der Waals surface area contributed by atoms with Gasteiger partial charge in [-0.2, -0.15) is 0 Å². The van der Waals surface area contributed by atoms with Crippen LogP contribution in [0.15, 0.2) is 59.3 Å². The summed E-state index contributed by atoms with van der Waals surface area (Å²) in [6, 6.07) is 14.3. The van der Waals surface area contributed by atoms with E-state index in [1.165, 1.54) is 5.56 Å². The van der Waals surface area contributed by atoms with Gasteiger partial charge in [-0.25, -0.2) is 9.97 Å². The van der Waals surface area contributed by atoms with Crippen LogP contribution in [0.4, 0.5) is 5.82 Å². The van der Waals surface area contributed by atoms with Crippen molar-refractivity contribution < 1.29 is 9.21 Å². The van der Waals surface area contributed by atoms with E-state index >= 15 is 0 Å². The molecule has 0 aliphatic carbocycles. The minimum atomic E-state index is -0.215. The highest BCUT2D eigenvalue weighted by atomic mass is 16.3. The van der Waals surface area contributed by atoms with Gasteiger partial charge in [-0.3, -0.25) is 9.69 Å². The van der Waals surface area contributed by atoms with Crippen molar-refractivity contribution in [2.45, 2.75) is 39.2 Å². The number of nitrogens with zero attached hydrogens (tertiary/aromatic N) is 4. The predicted octanol–water partition coefficient (Wildman–Crippen LogP) is 3.98. The summed E-state index contributed by atoms with van der Waals surface area (Å²) in [5.74, 6) is 2.02. The highest BCUT2D eigenvalue weighted by Gasteiger charge is 2.27. The zero-order valence-corrected chi connectivity index (χ0v) is 19.8. The Morgan fingerprint density at radius 2 is 1.82 bits per heavy atom. The topological polar surface area (TPSA) is 74.5 Å². The molecule has 0 saturated carbocycles. The van der Waals surface area contributed by atoms with Crippen molar-refractivity contribution in [1.29, 1.82) is 0 Å². The lowest BCUT2D eigenvalue weighted by Crippen LogP contribution is -2.49. The van der Waals surface area contributed by atoms with Crippen LogP contribution >= 0.6 is 0 Å². The molecule has 1 amide bonds. The van der Waals surface area contributed by atoms with Gasteiger partial charge < -0.3 is 14.6 Å². The fraction of sp³-hybridized carbons (Fsp3) is 0.423.